The van der Waals surface area contributed by atoms with Crippen molar-refractivity contribution < 1.29 is 13.2 Å². The fraction of sp³-hybridized carbons (Fsp3) is 0.111. The van der Waals surface area contributed by atoms with Crippen LogP contribution in [0.15, 0.2) is 65.8 Å². The van der Waals surface area contributed by atoms with Crippen molar-refractivity contribution in [3.63, 3.8) is 0 Å². The highest BCUT2D eigenvalue weighted by molar-refractivity contribution is 7.89. The number of imidazole rings is 1. The van der Waals surface area contributed by atoms with Gasteiger partial charge in [-0.2, -0.15) is 0 Å². The van der Waals surface area contributed by atoms with Crippen molar-refractivity contribution in [3.8, 4) is 11.4 Å². The number of amides is 1. The highest BCUT2D eigenvalue weighted by Gasteiger charge is 2.13. The van der Waals surface area contributed by atoms with Crippen molar-refractivity contribution in [2.24, 2.45) is 5.14 Å². The van der Waals surface area contributed by atoms with E-state index in [-0.39, 0.29) is 10.8 Å². The van der Waals surface area contributed by atoms with Crippen LogP contribution in [-0.2, 0) is 16.4 Å². The zero-order chi connectivity index (χ0) is 18.6. The van der Waals surface area contributed by atoms with Crippen molar-refractivity contribution in [1.82, 2.24) is 15.3 Å². The van der Waals surface area contributed by atoms with E-state index in [9.17, 15) is 13.2 Å². The molecule has 0 saturated carbocycles. The summed E-state index contributed by atoms with van der Waals surface area (Å²) in [6, 6.07) is 13.5. The summed E-state index contributed by atoms with van der Waals surface area (Å²) in [6.07, 6.45) is 3.91. The van der Waals surface area contributed by atoms with Gasteiger partial charge in [0.1, 0.15) is 5.82 Å². The molecule has 3 aromatic rings. The molecule has 0 aliphatic carbocycles. The van der Waals surface area contributed by atoms with E-state index < -0.39 is 10.0 Å². The van der Waals surface area contributed by atoms with E-state index in [0.29, 0.717) is 24.4 Å². The first-order chi connectivity index (χ1) is 12.4. The van der Waals surface area contributed by atoms with Gasteiger partial charge in [0, 0.05) is 24.5 Å². The van der Waals surface area contributed by atoms with Crippen LogP contribution in [0, 0.1) is 0 Å². The lowest BCUT2D eigenvalue weighted by molar-refractivity contribution is 0.0954. The van der Waals surface area contributed by atoms with Gasteiger partial charge in [-0.1, -0.05) is 30.3 Å². The van der Waals surface area contributed by atoms with Crippen LogP contribution in [0.3, 0.4) is 0 Å². The van der Waals surface area contributed by atoms with E-state index in [0.717, 1.165) is 11.1 Å². The summed E-state index contributed by atoms with van der Waals surface area (Å²) in [7, 11) is -3.69. The number of nitrogens with two attached hydrogens (primary N) is 1. The number of aromatic amines is 1. The molecule has 0 radical (unpaired) electrons. The number of carbonyl (C=O) groups is 1. The van der Waals surface area contributed by atoms with Gasteiger partial charge in [0.05, 0.1) is 10.5 Å². The van der Waals surface area contributed by atoms with E-state index in [1.807, 2.05) is 12.1 Å². The summed E-state index contributed by atoms with van der Waals surface area (Å²) in [5.74, 6) is 0.437. The molecule has 3 rings (SSSR count). The van der Waals surface area contributed by atoms with E-state index in [1.54, 1.807) is 36.7 Å². The first-order valence-electron chi connectivity index (χ1n) is 7.94. The van der Waals surface area contributed by atoms with Gasteiger partial charge >= 0.3 is 0 Å². The Morgan fingerprint density at radius 3 is 2.50 bits per heavy atom. The number of hydrogen-bond acceptors (Lipinski definition) is 4. The maximum Gasteiger partial charge on any atom is 0.252 e. The Morgan fingerprint density at radius 2 is 1.85 bits per heavy atom. The fourth-order valence-electron chi connectivity index (χ4n) is 2.56. The van der Waals surface area contributed by atoms with Crippen LogP contribution >= 0.6 is 0 Å². The third-order valence-corrected chi connectivity index (χ3v) is 4.81. The Kier molecular flexibility index (Phi) is 5.15. The lowest BCUT2D eigenvalue weighted by Crippen LogP contribution is -2.26. The predicted octanol–water partition coefficient (Wildman–Crippen LogP) is 1.70. The third-order valence-electron chi connectivity index (χ3n) is 3.88. The van der Waals surface area contributed by atoms with E-state index in [1.165, 1.54) is 12.1 Å². The number of benzene rings is 2. The second kappa shape index (κ2) is 7.51. The zero-order valence-corrected chi connectivity index (χ0v) is 14.7. The fourth-order valence-corrected chi connectivity index (χ4v) is 3.08. The summed E-state index contributed by atoms with van der Waals surface area (Å²) in [5, 5.41) is 7.94. The maximum atomic E-state index is 12.5. The van der Waals surface area contributed by atoms with Gasteiger partial charge in [-0.15, -0.1) is 0 Å². The second-order valence-electron chi connectivity index (χ2n) is 5.68. The average molecular weight is 370 g/mol. The lowest BCUT2D eigenvalue weighted by Gasteiger charge is -2.09. The molecule has 1 heterocycles. The minimum atomic E-state index is -3.69. The molecule has 0 aliphatic rings. The normalized spacial score (nSPS) is 11.3. The number of sulfonamides is 1. The van der Waals surface area contributed by atoms with Crippen LogP contribution in [0.4, 0.5) is 0 Å². The molecule has 0 saturated heterocycles. The van der Waals surface area contributed by atoms with Crippen molar-refractivity contribution in [1.29, 1.82) is 0 Å². The van der Waals surface area contributed by atoms with Gasteiger partial charge in [-0.25, -0.2) is 18.5 Å². The smallest absolute Gasteiger partial charge is 0.252 e. The highest BCUT2D eigenvalue weighted by Crippen LogP contribution is 2.19. The number of rotatable bonds is 6. The molecule has 26 heavy (non-hydrogen) atoms. The molecule has 2 aromatic carbocycles. The summed E-state index contributed by atoms with van der Waals surface area (Å²) in [5.41, 5.74) is 2.16. The molecule has 7 nitrogen and oxygen atoms in total. The minimum absolute atomic E-state index is 0.0673. The Labute approximate surface area is 151 Å². The lowest BCUT2D eigenvalue weighted by atomic mass is 10.1. The summed E-state index contributed by atoms with van der Waals surface area (Å²) in [6.45, 7) is 0.417. The van der Waals surface area contributed by atoms with Gasteiger partial charge in [0.2, 0.25) is 10.0 Å². The molecule has 134 valence electrons. The second-order valence-corrected chi connectivity index (χ2v) is 7.24. The largest absolute Gasteiger partial charge is 0.352 e. The zero-order valence-electron chi connectivity index (χ0n) is 13.8. The Balaban J connectivity index is 1.63. The molecular formula is C18H18N4O3S. The maximum absolute atomic E-state index is 12.5. The number of nitrogens with zero attached hydrogens (tertiary/aromatic N) is 1. The number of nitrogens with one attached hydrogen (secondary N) is 2. The van der Waals surface area contributed by atoms with Gasteiger partial charge in [0.25, 0.3) is 5.91 Å². The van der Waals surface area contributed by atoms with Crippen molar-refractivity contribution >= 4 is 15.9 Å². The Hall–Kier alpha value is -2.97. The van der Waals surface area contributed by atoms with E-state index >= 15 is 0 Å². The van der Waals surface area contributed by atoms with Crippen LogP contribution in [0.2, 0.25) is 0 Å². The predicted molar refractivity (Wildman–Crippen MR) is 97.9 cm³/mol. The Bertz CT molecular complexity index is 997. The molecular weight excluding hydrogens is 352 g/mol. The van der Waals surface area contributed by atoms with Crippen LogP contribution in [0.5, 0.6) is 0 Å². The minimum Gasteiger partial charge on any atom is -0.352 e. The molecule has 1 amide bonds. The Morgan fingerprint density at radius 1 is 1.12 bits per heavy atom. The van der Waals surface area contributed by atoms with E-state index in [4.69, 9.17) is 5.14 Å². The molecule has 0 atom stereocenters. The van der Waals surface area contributed by atoms with Gasteiger partial charge < -0.3 is 10.3 Å². The first kappa shape index (κ1) is 17.8. The molecule has 0 bridgehead atoms. The topological polar surface area (TPSA) is 118 Å². The van der Waals surface area contributed by atoms with Gasteiger partial charge in [-0.05, 0) is 30.2 Å². The number of aromatic nitrogens is 2. The van der Waals surface area contributed by atoms with Crippen LogP contribution in [-0.4, -0.2) is 30.8 Å². The quantitative estimate of drug-likeness (QED) is 0.612. The highest BCUT2D eigenvalue weighted by atomic mass is 32.2. The van der Waals surface area contributed by atoms with Crippen LogP contribution in [0.25, 0.3) is 11.4 Å². The van der Waals surface area contributed by atoms with Gasteiger partial charge in [0.15, 0.2) is 0 Å². The monoisotopic (exact) mass is 370 g/mol. The molecule has 0 unspecified atom stereocenters. The number of hydrogen-bond donors (Lipinski definition) is 3. The van der Waals surface area contributed by atoms with Crippen molar-refractivity contribution in [2.45, 2.75) is 11.3 Å². The van der Waals surface area contributed by atoms with E-state index in [2.05, 4.69) is 15.3 Å². The summed E-state index contributed by atoms with van der Waals surface area (Å²) < 4.78 is 22.5. The SMILES string of the molecule is NS(=O)(=O)c1ccc(CCNC(=O)c2ccccc2-c2ncc[nH]2)cc1. The number of primary sulfonamides is 1. The van der Waals surface area contributed by atoms with Crippen molar-refractivity contribution in [2.75, 3.05) is 6.54 Å². The molecule has 1 aromatic heterocycles. The van der Waals surface area contributed by atoms with Gasteiger partial charge in [-0.3, -0.25) is 4.79 Å². The summed E-state index contributed by atoms with van der Waals surface area (Å²) >= 11 is 0. The molecule has 8 heteroatoms. The molecule has 0 spiro atoms. The summed E-state index contributed by atoms with van der Waals surface area (Å²) in [4.78, 5) is 19.7. The molecule has 0 fully saturated rings. The van der Waals surface area contributed by atoms with Crippen LogP contribution < -0.4 is 10.5 Å². The van der Waals surface area contributed by atoms with Crippen molar-refractivity contribution in [3.05, 3.63) is 72.1 Å². The molecule has 0 aliphatic heterocycles. The standard InChI is InChI=1S/C18H18N4O3S/c19-26(24,25)14-7-5-13(6-8-14)9-10-22-18(23)16-4-2-1-3-15(16)17-20-11-12-21-17/h1-8,11-12H,9-10H2,(H,20,21)(H,22,23)(H2,19,24,25). The average Bonchev–Trinajstić information content (AvgIpc) is 3.16. The van der Waals surface area contributed by atoms with Crippen LogP contribution in [0.1, 0.15) is 15.9 Å². The number of carbonyl (C=O) groups excluding carboxylic acids is 1. The third kappa shape index (κ3) is 4.16. The molecule has 4 N–H and O–H groups in total. The number of H-pyrrole nitrogens is 1. The first-order valence-corrected chi connectivity index (χ1v) is 9.48.